The van der Waals surface area contributed by atoms with E-state index < -0.39 is 21.8 Å². The topological polar surface area (TPSA) is 46.2 Å². The summed E-state index contributed by atoms with van der Waals surface area (Å²) in [5.41, 5.74) is -0.508. The maximum absolute atomic E-state index is 12.6. The van der Waals surface area contributed by atoms with Crippen LogP contribution < -0.4 is 4.72 Å². The average molecular weight is 330 g/mol. The van der Waals surface area contributed by atoms with Gasteiger partial charge < -0.3 is 0 Å². The molecule has 0 amide bonds. The maximum atomic E-state index is 12.6. The van der Waals surface area contributed by atoms with Gasteiger partial charge in [0.1, 0.15) is 0 Å². The van der Waals surface area contributed by atoms with Crippen LogP contribution >= 0.6 is 11.6 Å². The number of hydrogen-bond acceptors (Lipinski definition) is 2. The first-order valence-corrected chi connectivity index (χ1v) is 8.09. The predicted octanol–water partition coefficient (Wildman–Crippen LogP) is 3.77. The van der Waals surface area contributed by atoms with E-state index in [2.05, 4.69) is 4.72 Å². The Balaban J connectivity index is 2.91. The number of nitrogens with one attached hydrogen (secondary N) is 1. The van der Waals surface area contributed by atoms with Gasteiger partial charge in [0, 0.05) is 5.88 Å². The Morgan fingerprint density at radius 3 is 2.45 bits per heavy atom. The van der Waals surface area contributed by atoms with E-state index in [-0.39, 0.29) is 11.4 Å². The molecule has 0 saturated heterocycles. The molecule has 1 N–H and O–H groups in total. The second-order valence-corrected chi connectivity index (χ2v) is 6.56. The van der Waals surface area contributed by atoms with Crippen LogP contribution in [-0.2, 0) is 16.2 Å². The molecule has 0 atom stereocenters. The highest BCUT2D eigenvalue weighted by Crippen LogP contribution is 2.32. The highest BCUT2D eigenvalue weighted by Gasteiger charge is 2.31. The molecule has 0 aromatic heterocycles. The molecule has 0 fully saturated rings. The first-order valence-electron chi connectivity index (χ1n) is 5.90. The van der Waals surface area contributed by atoms with Crippen molar-refractivity contribution < 1.29 is 21.6 Å². The molecule has 0 spiro atoms. The Kier molecular flexibility index (Phi) is 5.70. The van der Waals surface area contributed by atoms with Crippen molar-refractivity contribution in [2.24, 2.45) is 0 Å². The van der Waals surface area contributed by atoms with Gasteiger partial charge in [-0.15, -0.1) is 11.6 Å². The molecule has 3 nitrogen and oxygen atoms in total. The summed E-state index contributed by atoms with van der Waals surface area (Å²) in [5, 5.41) is 0. The zero-order valence-electron chi connectivity index (χ0n) is 10.8. The van der Waals surface area contributed by atoms with Crippen LogP contribution in [0.15, 0.2) is 18.2 Å². The molecule has 1 rings (SSSR count). The van der Waals surface area contributed by atoms with E-state index in [4.69, 9.17) is 11.6 Å². The number of sulfonamides is 1. The van der Waals surface area contributed by atoms with E-state index in [1.807, 2.05) is 0 Å². The van der Waals surface area contributed by atoms with Crippen molar-refractivity contribution >= 4 is 27.3 Å². The normalized spacial score (nSPS) is 12.4. The summed E-state index contributed by atoms with van der Waals surface area (Å²) < 4.78 is 63.5. The molecule has 20 heavy (non-hydrogen) atoms. The fraction of sp³-hybridized carbons (Fsp3) is 0.500. The van der Waals surface area contributed by atoms with E-state index in [1.54, 1.807) is 0 Å². The molecule has 0 aliphatic heterocycles. The van der Waals surface area contributed by atoms with Crippen molar-refractivity contribution in [2.45, 2.75) is 25.9 Å². The van der Waals surface area contributed by atoms with Crippen molar-refractivity contribution in [1.29, 1.82) is 0 Å². The molecule has 0 radical (unpaired) electrons. The van der Waals surface area contributed by atoms with E-state index in [0.29, 0.717) is 24.3 Å². The number of alkyl halides is 4. The summed E-state index contributed by atoms with van der Waals surface area (Å²) >= 11 is 5.45. The van der Waals surface area contributed by atoms with Crippen LogP contribution in [0.5, 0.6) is 0 Å². The van der Waals surface area contributed by atoms with Crippen molar-refractivity contribution in [3.63, 3.8) is 0 Å². The minimum atomic E-state index is -4.51. The van der Waals surface area contributed by atoms with Crippen LogP contribution in [-0.4, -0.2) is 20.1 Å². The lowest BCUT2D eigenvalue weighted by Crippen LogP contribution is -2.18. The summed E-state index contributed by atoms with van der Waals surface area (Å²) in [5.74, 6) is 0.174. The lowest BCUT2D eigenvalue weighted by Gasteiger charge is -2.13. The van der Waals surface area contributed by atoms with E-state index >= 15 is 0 Å². The molecule has 8 heteroatoms. The lowest BCUT2D eigenvalue weighted by molar-refractivity contribution is -0.137. The summed E-state index contributed by atoms with van der Waals surface area (Å²) in [4.78, 5) is 0. The van der Waals surface area contributed by atoms with E-state index in [1.165, 1.54) is 13.0 Å². The number of halogens is 4. The second kappa shape index (κ2) is 6.67. The van der Waals surface area contributed by atoms with Crippen molar-refractivity contribution in [3.05, 3.63) is 29.3 Å². The summed E-state index contributed by atoms with van der Waals surface area (Å²) in [6.07, 6.45) is -3.62. The van der Waals surface area contributed by atoms with Crippen LogP contribution in [0.25, 0.3) is 0 Å². The molecule has 0 heterocycles. The Morgan fingerprint density at radius 2 is 1.90 bits per heavy atom. The number of benzene rings is 1. The molecule has 114 valence electrons. The summed E-state index contributed by atoms with van der Waals surface area (Å²) in [6, 6.07) is 2.95. The van der Waals surface area contributed by atoms with Gasteiger partial charge in [0.05, 0.1) is 17.0 Å². The zero-order valence-corrected chi connectivity index (χ0v) is 12.4. The van der Waals surface area contributed by atoms with Crippen molar-refractivity contribution in [3.8, 4) is 0 Å². The average Bonchev–Trinajstić information content (AvgIpc) is 2.30. The SMILES string of the molecule is Cc1ccc(C(F)(F)F)cc1NS(=O)(=O)CCCCCl. The number of unbranched alkanes of at least 4 members (excludes halogenated alkanes) is 1. The Labute approximate surface area is 121 Å². The minimum absolute atomic E-state index is 0.0503. The third kappa shape index (κ3) is 5.20. The van der Waals surface area contributed by atoms with Gasteiger partial charge in [0.15, 0.2) is 0 Å². The van der Waals surface area contributed by atoms with Gasteiger partial charge in [0.25, 0.3) is 0 Å². The summed E-state index contributed by atoms with van der Waals surface area (Å²) in [6.45, 7) is 1.54. The molecular weight excluding hydrogens is 315 g/mol. The smallest absolute Gasteiger partial charge is 0.283 e. The van der Waals surface area contributed by atoms with Crippen LogP contribution in [0, 0.1) is 6.92 Å². The fourth-order valence-electron chi connectivity index (χ4n) is 1.51. The second-order valence-electron chi connectivity index (χ2n) is 4.34. The molecular formula is C12H15ClF3NO2S. The molecule has 0 bridgehead atoms. The quantitative estimate of drug-likeness (QED) is 0.638. The Hall–Kier alpha value is -0.950. The Morgan fingerprint density at radius 1 is 1.25 bits per heavy atom. The zero-order chi connectivity index (χ0) is 15.4. The molecule has 0 aliphatic carbocycles. The number of rotatable bonds is 6. The fourth-order valence-corrected chi connectivity index (χ4v) is 2.94. The maximum Gasteiger partial charge on any atom is 0.416 e. The molecule has 0 saturated carbocycles. The third-order valence-electron chi connectivity index (χ3n) is 2.63. The summed E-state index contributed by atoms with van der Waals surface area (Å²) in [7, 11) is -3.67. The van der Waals surface area contributed by atoms with E-state index in [9.17, 15) is 21.6 Å². The number of aryl methyl sites for hydroxylation is 1. The van der Waals surface area contributed by atoms with Gasteiger partial charge in [-0.3, -0.25) is 4.72 Å². The molecule has 0 aliphatic rings. The van der Waals surface area contributed by atoms with Gasteiger partial charge in [-0.2, -0.15) is 13.2 Å². The van der Waals surface area contributed by atoms with Gasteiger partial charge in [-0.1, -0.05) is 6.07 Å². The van der Waals surface area contributed by atoms with Crippen LogP contribution in [0.3, 0.4) is 0 Å². The standard InChI is InChI=1S/C12H15ClF3NO2S/c1-9-4-5-10(12(14,15)16)8-11(9)17-20(18,19)7-3-2-6-13/h4-5,8,17H,2-3,6-7H2,1H3. The van der Waals surface area contributed by atoms with Crippen molar-refractivity contribution in [1.82, 2.24) is 0 Å². The molecule has 0 unspecified atom stereocenters. The van der Waals surface area contributed by atoms with Crippen LogP contribution in [0.2, 0.25) is 0 Å². The first-order chi connectivity index (χ1) is 9.15. The lowest BCUT2D eigenvalue weighted by atomic mass is 10.1. The van der Waals surface area contributed by atoms with Crippen LogP contribution in [0.4, 0.5) is 18.9 Å². The predicted molar refractivity (Wildman–Crippen MR) is 73.5 cm³/mol. The van der Waals surface area contributed by atoms with Crippen molar-refractivity contribution in [2.75, 3.05) is 16.4 Å². The largest absolute Gasteiger partial charge is 0.416 e. The molecule has 1 aromatic rings. The highest BCUT2D eigenvalue weighted by atomic mass is 35.5. The van der Waals surface area contributed by atoms with Gasteiger partial charge in [-0.25, -0.2) is 8.42 Å². The van der Waals surface area contributed by atoms with Gasteiger partial charge in [0.2, 0.25) is 10.0 Å². The molecule has 1 aromatic carbocycles. The number of anilines is 1. The van der Waals surface area contributed by atoms with Gasteiger partial charge in [-0.05, 0) is 37.5 Å². The Bertz CT molecular complexity index is 558. The monoisotopic (exact) mass is 329 g/mol. The number of hydrogen-bond donors (Lipinski definition) is 1. The highest BCUT2D eigenvalue weighted by molar-refractivity contribution is 7.92. The van der Waals surface area contributed by atoms with Gasteiger partial charge >= 0.3 is 6.18 Å². The first kappa shape index (κ1) is 17.1. The third-order valence-corrected chi connectivity index (χ3v) is 4.25. The van der Waals surface area contributed by atoms with Crippen LogP contribution in [0.1, 0.15) is 24.0 Å². The minimum Gasteiger partial charge on any atom is -0.283 e. The van der Waals surface area contributed by atoms with E-state index in [0.717, 1.165) is 12.1 Å².